The first-order valence-electron chi connectivity index (χ1n) is 8.48. The van der Waals surface area contributed by atoms with E-state index in [0.29, 0.717) is 23.9 Å². The second-order valence-corrected chi connectivity index (χ2v) is 6.42. The van der Waals surface area contributed by atoms with E-state index in [1.54, 1.807) is 0 Å². The number of hydrogen-bond acceptors (Lipinski definition) is 5. The lowest BCUT2D eigenvalue weighted by atomic mass is 10.2. The van der Waals surface area contributed by atoms with Crippen molar-refractivity contribution >= 4 is 34.8 Å². The molecule has 1 aliphatic rings. The Hall–Kier alpha value is -2.77. The molecular weight excluding hydrogens is 370 g/mol. The highest BCUT2D eigenvalue weighted by Gasteiger charge is 2.13. The van der Waals surface area contributed by atoms with Gasteiger partial charge in [-0.3, -0.25) is 9.59 Å². The van der Waals surface area contributed by atoms with Crippen LogP contribution in [0.15, 0.2) is 42.5 Å². The summed E-state index contributed by atoms with van der Waals surface area (Å²) in [6.45, 7) is 2.85. The molecule has 1 fully saturated rings. The summed E-state index contributed by atoms with van der Waals surface area (Å²) in [5.74, 6) is -0.835. The van der Waals surface area contributed by atoms with Crippen LogP contribution >= 0.6 is 11.6 Å². The van der Waals surface area contributed by atoms with Crippen molar-refractivity contribution in [2.45, 2.75) is 0 Å². The molecule has 0 bridgehead atoms. The number of carbonyl (C=O) groups excluding carboxylic acids is 2. The van der Waals surface area contributed by atoms with E-state index in [0.717, 1.165) is 18.8 Å². The summed E-state index contributed by atoms with van der Waals surface area (Å²) in [5.41, 5.74) is 7.20. The van der Waals surface area contributed by atoms with Gasteiger partial charge in [-0.15, -0.1) is 0 Å². The van der Waals surface area contributed by atoms with Gasteiger partial charge in [-0.1, -0.05) is 11.6 Å². The molecule has 2 aromatic carbocycles. The Kier molecular flexibility index (Phi) is 6.16. The Bertz CT molecular complexity index is 820. The molecule has 3 N–H and O–H groups in total. The summed E-state index contributed by atoms with van der Waals surface area (Å²) < 4.78 is 10.8. The number of nitrogens with zero attached hydrogens (tertiary/aromatic N) is 1. The zero-order valence-electron chi connectivity index (χ0n) is 14.6. The predicted octanol–water partition coefficient (Wildman–Crippen LogP) is 2.29. The number of benzene rings is 2. The second kappa shape index (κ2) is 8.75. The highest BCUT2D eigenvalue weighted by Crippen LogP contribution is 2.23. The quantitative estimate of drug-likeness (QED) is 0.790. The van der Waals surface area contributed by atoms with E-state index in [1.807, 2.05) is 24.3 Å². The van der Waals surface area contributed by atoms with Gasteiger partial charge in [-0.2, -0.15) is 0 Å². The minimum atomic E-state index is -0.652. The third-order valence-corrected chi connectivity index (χ3v) is 4.33. The number of rotatable bonds is 6. The molecule has 27 heavy (non-hydrogen) atoms. The number of morpholine rings is 1. The van der Waals surface area contributed by atoms with Crippen molar-refractivity contribution in [1.29, 1.82) is 0 Å². The number of halogens is 1. The van der Waals surface area contributed by atoms with Crippen LogP contribution in [0.4, 0.5) is 11.4 Å². The maximum Gasteiger partial charge on any atom is 0.262 e. The van der Waals surface area contributed by atoms with Gasteiger partial charge < -0.3 is 25.4 Å². The second-order valence-electron chi connectivity index (χ2n) is 5.99. The summed E-state index contributed by atoms with van der Waals surface area (Å²) in [6.07, 6.45) is 0. The van der Waals surface area contributed by atoms with Gasteiger partial charge in [-0.25, -0.2) is 0 Å². The molecule has 0 spiro atoms. The van der Waals surface area contributed by atoms with Gasteiger partial charge in [0.25, 0.3) is 11.8 Å². The number of hydrogen-bond donors (Lipinski definition) is 2. The fraction of sp³-hybridized carbons (Fsp3) is 0.263. The molecule has 1 heterocycles. The highest BCUT2D eigenvalue weighted by atomic mass is 35.5. The number of carbonyl (C=O) groups is 2. The van der Waals surface area contributed by atoms with Gasteiger partial charge >= 0.3 is 0 Å². The van der Waals surface area contributed by atoms with E-state index in [-0.39, 0.29) is 23.8 Å². The zero-order chi connectivity index (χ0) is 19.2. The summed E-state index contributed by atoms with van der Waals surface area (Å²) in [6, 6.07) is 12.0. The highest BCUT2D eigenvalue weighted by molar-refractivity contribution is 6.30. The van der Waals surface area contributed by atoms with Gasteiger partial charge in [0.2, 0.25) is 0 Å². The number of nitrogens with two attached hydrogens (primary N) is 1. The Morgan fingerprint density at radius 1 is 1.15 bits per heavy atom. The lowest BCUT2D eigenvalue weighted by molar-refractivity contribution is -0.118. The molecule has 0 saturated carbocycles. The van der Waals surface area contributed by atoms with Crippen molar-refractivity contribution in [3.8, 4) is 5.75 Å². The van der Waals surface area contributed by atoms with Crippen LogP contribution in [-0.4, -0.2) is 44.7 Å². The fourth-order valence-corrected chi connectivity index (χ4v) is 2.90. The van der Waals surface area contributed by atoms with Crippen LogP contribution in [0.2, 0.25) is 5.02 Å². The lowest BCUT2D eigenvalue weighted by Gasteiger charge is -2.28. The molecule has 8 heteroatoms. The number of ether oxygens (including phenoxy) is 2. The van der Waals surface area contributed by atoms with E-state index in [4.69, 9.17) is 26.8 Å². The van der Waals surface area contributed by atoms with E-state index in [2.05, 4.69) is 10.2 Å². The molecule has 0 aliphatic carbocycles. The van der Waals surface area contributed by atoms with E-state index < -0.39 is 5.91 Å². The van der Waals surface area contributed by atoms with Crippen molar-refractivity contribution in [1.82, 2.24) is 0 Å². The molecule has 1 aliphatic heterocycles. The lowest BCUT2D eigenvalue weighted by Crippen LogP contribution is -2.36. The van der Waals surface area contributed by atoms with Gasteiger partial charge in [0.1, 0.15) is 5.75 Å². The molecule has 0 unspecified atom stereocenters. The molecule has 142 valence electrons. The summed E-state index contributed by atoms with van der Waals surface area (Å²) >= 11 is 5.90. The van der Waals surface area contributed by atoms with Crippen LogP contribution in [0, 0.1) is 0 Å². The predicted molar refractivity (Wildman–Crippen MR) is 104 cm³/mol. The van der Waals surface area contributed by atoms with Crippen LogP contribution in [0.25, 0.3) is 0 Å². The smallest absolute Gasteiger partial charge is 0.262 e. The molecule has 1 saturated heterocycles. The van der Waals surface area contributed by atoms with Crippen LogP contribution in [0.1, 0.15) is 10.4 Å². The van der Waals surface area contributed by atoms with Gasteiger partial charge in [-0.05, 0) is 42.5 Å². The van der Waals surface area contributed by atoms with Crippen molar-refractivity contribution in [2.75, 3.05) is 43.1 Å². The van der Waals surface area contributed by atoms with Crippen LogP contribution < -0.4 is 20.7 Å². The maximum absolute atomic E-state index is 12.1. The minimum absolute atomic E-state index is 0.169. The first kappa shape index (κ1) is 19.0. The molecule has 3 rings (SSSR count). The Morgan fingerprint density at radius 3 is 2.52 bits per heavy atom. The molecule has 2 aromatic rings. The maximum atomic E-state index is 12.1. The average molecular weight is 390 g/mol. The van der Waals surface area contributed by atoms with Crippen molar-refractivity contribution < 1.29 is 19.1 Å². The first-order valence-corrected chi connectivity index (χ1v) is 8.85. The Balaban J connectivity index is 1.56. The fourth-order valence-electron chi connectivity index (χ4n) is 2.74. The summed E-state index contributed by atoms with van der Waals surface area (Å²) in [7, 11) is 0. The topological polar surface area (TPSA) is 93.9 Å². The van der Waals surface area contributed by atoms with Gasteiger partial charge in [0.05, 0.1) is 18.8 Å². The van der Waals surface area contributed by atoms with Crippen molar-refractivity contribution in [3.05, 3.63) is 53.1 Å². The first-order chi connectivity index (χ1) is 13.0. The zero-order valence-corrected chi connectivity index (χ0v) is 15.4. The number of nitrogens with one attached hydrogen (secondary N) is 1. The third kappa shape index (κ3) is 5.12. The summed E-state index contributed by atoms with van der Waals surface area (Å²) in [4.78, 5) is 25.8. The van der Waals surface area contributed by atoms with Crippen LogP contribution in [0.3, 0.4) is 0 Å². The van der Waals surface area contributed by atoms with E-state index >= 15 is 0 Å². The molecule has 2 amide bonds. The Morgan fingerprint density at radius 2 is 1.85 bits per heavy atom. The molecule has 0 radical (unpaired) electrons. The van der Waals surface area contributed by atoms with Gasteiger partial charge in [0, 0.05) is 29.5 Å². The van der Waals surface area contributed by atoms with Crippen molar-refractivity contribution in [3.63, 3.8) is 0 Å². The Labute approximate surface area is 162 Å². The minimum Gasteiger partial charge on any atom is -0.483 e. The van der Waals surface area contributed by atoms with Crippen LogP contribution in [0.5, 0.6) is 5.75 Å². The van der Waals surface area contributed by atoms with Crippen molar-refractivity contribution in [2.24, 2.45) is 5.73 Å². The normalized spacial score (nSPS) is 13.9. The molecule has 7 nitrogen and oxygen atoms in total. The SMILES string of the molecule is NC(=O)c1ccc(Cl)cc1OCC(=O)Nc1ccc(N2CCOCC2)cc1. The van der Waals surface area contributed by atoms with Gasteiger partial charge in [0.15, 0.2) is 6.61 Å². The number of primary amides is 1. The van der Waals surface area contributed by atoms with E-state index in [1.165, 1.54) is 18.2 Å². The molecular formula is C19H20ClN3O4. The molecule has 0 aromatic heterocycles. The summed E-state index contributed by atoms with van der Waals surface area (Å²) in [5, 5.41) is 3.13. The largest absolute Gasteiger partial charge is 0.483 e. The number of amides is 2. The van der Waals surface area contributed by atoms with E-state index in [9.17, 15) is 9.59 Å². The number of anilines is 2. The standard InChI is InChI=1S/C19H20ClN3O4/c20-13-1-6-16(19(21)25)17(11-13)27-12-18(24)22-14-2-4-15(5-3-14)23-7-9-26-10-8-23/h1-6,11H,7-10,12H2,(H2,21,25)(H,22,24). The third-order valence-electron chi connectivity index (χ3n) is 4.10. The van der Waals surface area contributed by atoms with Crippen LogP contribution in [-0.2, 0) is 9.53 Å². The average Bonchev–Trinajstić information content (AvgIpc) is 2.67. The monoisotopic (exact) mass is 389 g/mol. The molecule has 0 atom stereocenters.